The van der Waals surface area contributed by atoms with Crippen molar-refractivity contribution < 1.29 is 14.4 Å². The Morgan fingerprint density at radius 3 is 3.06 bits per heavy atom. The van der Waals surface area contributed by atoms with Gasteiger partial charge in [0.15, 0.2) is 0 Å². The van der Waals surface area contributed by atoms with Crippen LogP contribution in [0.15, 0.2) is 24.3 Å². The summed E-state index contributed by atoms with van der Waals surface area (Å²) in [6.45, 7) is 0.925. The molecular weight excluding hydrogens is 232 g/mol. The number of rotatable bonds is 5. The maximum absolute atomic E-state index is 12.0. The molecule has 1 aliphatic heterocycles. The van der Waals surface area contributed by atoms with Crippen LogP contribution in [0, 0.1) is 0 Å². The number of ether oxygens (including phenoxy) is 1. The smallest absolute Gasteiger partial charge is 0.243 e. The largest absolute Gasteiger partial charge is 0.382 e. The average Bonchev–Trinajstić information content (AvgIpc) is 2.54. The van der Waals surface area contributed by atoms with Crippen molar-refractivity contribution in [3.05, 3.63) is 29.8 Å². The lowest BCUT2D eigenvalue weighted by molar-refractivity contribution is -0.123. The van der Waals surface area contributed by atoms with Crippen LogP contribution < -0.4 is 10.8 Å². The van der Waals surface area contributed by atoms with Crippen molar-refractivity contribution in [3.8, 4) is 0 Å². The zero-order chi connectivity index (χ0) is 12.8. The Labute approximate surface area is 106 Å². The van der Waals surface area contributed by atoms with Gasteiger partial charge in [-0.1, -0.05) is 18.2 Å². The molecule has 98 valence electrons. The number of hydrogen-bond donors (Lipinski definition) is 2. The summed E-state index contributed by atoms with van der Waals surface area (Å²) in [5, 5.41) is 2.90. The molecule has 5 nitrogen and oxygen atoms in total. The third-order valence-corrected chi connectivity index (χ3v) is 2.91. The molecule has 0 saturated heterocycles. The molecule has 1 aromatic carbocycles. The number of benzene rings is 1. The van der Waals surface area contributed by atoms with Gasteiger partial charge in [0.05, 0.1) is 13.2 Å². The van der Waals surface area contributed by atoms with Gasteiger partial charge in [0.2, 0.25) is 5.91 Å². The zero-order valence-electron chi connectivity index (χ0n) is 10.4. The van der Waals surface area contributed by atoms with E-state index >= 15 is 0 Å². The van der Waals surface area contributed by atoms with Crippen LogP contribution in [0.25, 0.3) is 0 Å². The minimum Gasteiger partial charge on any atom is -0.382 e. The Hall–Kier alpha value is -1.43. The first kappa shape index (κ1) is 13.0. The fraction of sp³-hybridized carbons (Fsp3) is 0.462. The molecule has 5 heteroatoms. The molecule has 1 aliphatic rings. The van der Waals surface area contributed by atoms with E-state index < -0.39 is 0 Å². The number of fused-ring (bicyclic) bond motifs is 1. The van der Waals surface area contributed by atoms with Gasteiger partial charge in [-0.15, -0.1) is 0 Å². The molecular formula is C13H18N2O3. The van der Waals surface area contributed by atoms with Crippen molar-refractivity contribution in [2.24, 2.45) is 0 Å². The molecule has 1 heterocycles. The third kappa shape index (κ3) is 3.29. The number of aryl methyl sites for hydroxylation is 1. The lowest BCUT2D eigenvalue weighted by atomic mass is 10.1. The predicted molar refractivity (Wildman–Crippen MR) is 68.1 cm³/mol. The molecule has 0 spiro atoms. The van der Waals surface area contributed by atoms with Crippen molar-refractivity contribution >= 4 is 11.6 Å². The molecule has 0 radical (unpaired) electrons. The molecule has 18 heavy (non-hydrogen) atoms. The van der Waals surface area contributed by atoms with Gasteiger partial charge < -0.3 is 10.1 Å². The Bertz CT molecular complexity index is 409. The minimum atomic E-state index is -0.325. The maximum atomic E-state index is 12.0. The second kappa shape index (κ2) is 6.49. The molecule has 2 rings (SSSR count). The third-order valence-electron chi connectivity index (χ3n) is 2.91. The molecule has 1 unspecified atom stereocenters. The number of carbonyl (C=O) groups excluding carboxylic acids is 1. The Kier molecular flexibility index (Phi) is 4.69. The van der Waals surface area contributed by atoms with E-state index in [0.717, 1.165) is 24.1 Å². The van der Waals surface area contributed by atoms with Gasteiger partial charge in [-0.25, -0.2) is 0 Å². The molecule has 2 N–H and O–H groups in total. The predicted octanol–water partition coefficient (Wildman–Crippen LogP) is 1.11. The summed E-state index contributed by atoms with van der Waals surface area (Å²) >= 11 is 0. The number of nitrogens with one attached hydrogen (secondary N) is 2. The quantitative estimate of drug-likeness (QED) is 0.607. The summed E-state index contributed by atoms with van der Waals surface area (Å²) in [5.41, 5.74) is 4.84. The first-order valence-corrected chi connectivity index (χ1v) is 6.06. The van der Waals surface area contributed by atoms with Gasteiger partial charge in [0.25, 0.3) is 0 Å². The molecule has 0 aliphatic carbocycles. The molecule has 1 atom stereocenters. The fourth-order valence-corrected chi connectivity index (χ4v) is 1.91. The summed E-state index contributed by atoms with van der Waals surface area (Å²) < 4.78 is 4.87. The summed E-state index contributed by atoms with van der Waals surface area (Å²) in [6, 6.07) is 7.52. The summed E-state index contributed by atoms with van der Waals surface area (Å²) in [6.07, 6.45) is 1.57. The lowest BCUT2D eigenvalue weighted by Crippen LogP contribution is -2.40. The van der Waals surface area contributed by atoms with Crippen LogP contribution in [0.4, 0.5) is 5.69 Å². The van der Waals surface area contributed by atoms with E-state index in [2.05, 4.69) is 10.8 Å². The van der Waals surface area contributed by atoms with Crippen LogP contribution in [0.1, 0.15) is 12.0 Å². The van der Waals surface area contributed by atoms with Crippen LogP contribution in [0.3, 0.4) is 0 Å². The SMILES string of the molecule is COCCONC1CCc2ccccc2NC1=O. The zero-order valence-corrected chi connectivity index (χ0v) is 10.4. The number of carbonyl (C=O) groups is 1. The number of para-hydroxylation sites is 1. The van der Waals surface area contributed by atoms with Gasteiger partial charge in [0, 0.05) is 12.8 Å². The first-order chi connectivity index (χ1) is 8.81. The number of amides is 1. The number of hydrogen-bond acceptors (Lipinski definition) is 4. The van der Waals surface area contributed by atoms with Crippen LogP contribution in [0.5, 0.6) is 0 Å². The minimum absolute atomic E-state index is 0.0580. The molecule has 0 bridgehead atoms. The summed E-state index contributed by atoms with van der Waals surface area (Å²) in [4.78, 5) is 17.2. The average molecular weight is 250 g/mol. The second-order valence-corrected chi connectivity index (χ2v) is 4.20. The molecule has 1 aromatic rings. The second-order valence-electron chi connectivity index (χ2n) is 4.20. The molecule has 0 aromatic heterocycles. The normalized spacial score (nSPS) is 18.9. The number of anilines is 1. The first-order valence-electron chi connectivity index (χ1n) is 6.06. The van der Waals surface area contributed by atoms with Crippen LogP contribution in [-0.2, 0) is 20.8 Å². The molecule has 1 amide bonds. The fourth-order valence-electron chi connectivity index (χ4n) is 1.91. The Morgan fingerprint density at radius 1 is 1.39 bits per heavy atom. The van der Waals surface area contributed by atoms with Gasteiger partial charge in [0.1, 0.15) is 6.04 Å². The van der Waals surface area contributed by atoms with E-state index in [1.54, 1.807) is 7.11 Å². The van der Waals surface area contributed by atoms with Gasteiger partial charge in [-0.3, -0.25) is 9.63 Å². The van der Waals surface area contributed by atoms with Crippen molar-refractivity contribution in [1.29, 1.82) is 0 Å². The monoisotopic (exact) mass is 250 g/mol. The maximum Gasteiger partial charge on any atom is 0.243 e. The van der Waals surface area contributed by atoms with Crippen molar-refractivity contribution in [3.63, 3.8) is 0 Å². The highest BCUT2D eigenvalue weighted by Gasteiger charge is 2.23. The number of hydroxylamine groups is 1. The van der Waals surface area contributed by atoms with E-state index in [-0.39, 0.29) is 11.9 Å². The lowest BCUT2D eigenvalue weighted by Gasteiger charge is -2.14. The molecule has 0 saturated carbocycles. The van der Waals surface area contributed by atoms with E-state index in [4.69, 9.17) is 9.57 Å². The van der Waals surface area contributed by atoms with E-state index in [0.29, 0.717) is 13.2 Å². The Morgan fingerprint density at radius 2 is 2.22 bits per heavy atom. The highest BCUT2D eigenvalue weighted by atomic mass is 16.7. The van der Waals surface area contributed by atoms with Crippen LogP contribution in [0.2, 0.25) is 0 Å². The van der Waals surface area contributed by atoms with Gasteiger partial charge in [-0.05, 0) is 24.5 Å². The van der Waals surface area contributed by atoms with Crippen LogP contribution >= 0.6 is 0 Å². The number of methoxy groups -OCH3 is 1. The van der Waals surface area contributed by atoms with E-state index in [9.17, 15) is 4.79 Å². The Balaban J connectivity index is 1.91. The van der Waals surface area contributed by atoms with Crippen molar-refractivity contribution in [2.75, 3.05) is 25.6 Å². The van der Waals surface area contributed by atoms with Crippen molar-refractivity contribution in [1.82, 2.24) is 5.48 Å². The highest BCUT2D eigenvalue weighted by Crippen LogP contribution is 2.21. The van der Waals surface area contributed by atoms with Gasteiger partial charge >= 0.3 is 0 Å². The van der Waals surface area contributed by atoms with Crippen LogP contribution in [-0.4, -0.2) is 32.3 Å². The topological polar surface area (TPSA) is 59.6 Å². The molecule has 0 fully saturated rings. The van der Waals surface area contributed by atoms with E-state index in [1.165, 1.54) is 0 Å². The van der Waals surface area contributed by atoms with E-state index in [1.807, 2.05) is 24.3 Å². The summed E-state index contributed by atoms with van der Waals surface area (Å²) in [5.74, 6) is -0.0580. The van der Waals surface area contributed by atoms with Crippen molar-refractivity contribution in [2.45, 2.75) is 18.9 Å². The van der Waals surface area contributed by atoms with Gasteiger partial charge in [-0.2, -0.15) is 5.48 Å². The highest BCUT2D eigenvalue weighted by molar-refractivity contribution is 5.96. The summed E-state index contributed by atoms with van der Waals surface area (Å²) in [7, 11) is 1.61. The standard InChI is InChI=1S/C13H18N2O3/c1-17-8-9-18-15-12-7-6-10-4-2-3-5-11(10)14-13(12)16/h2-5,12,15H,6-9H2,1H3,(H,14,16).